The van der Waals surface area contributed by atoms with E-state index in [1.54, 1.807) is 6.33 Å². The van der Waals surface area contributed by atoms with E-state index in [9.17, 15) is 0 Å². The van der Waals surface area contributed by atoms with Crippen LogP contribution in [0.2, 0.25) is 0 Å². The van der Waals surface area contributed by atoms with E-state index < -0.39 is 0 Å². The first kappa shape index (κ1) is 13.5. The molecule has 2 aromatic rings. The molecule has 1 aromatic heterocycles. The van der Waals surface area contributed by atoms with Crippen molar-refractivity contribution in [1.29, 1.82) is 0 Å². The molecular weight excluding hydrogens is 234 g/mol. The molecule has 1 N–H and O–H groups in total. The molecule has 0 spiro atoms. The first-order chi connectivity index (χ1) is 9.17. The second kappa shape index (κ2) is 6.32. The average Bonchev–Trinajstić information content (AvgIpc) is 2.40. The summed E-state index contributed by atoms with van der Waals surface area (Å²) in [6, 6.07) is 11.1. The fraction of sp³-hybridized carbons (Fsp3) is 0.375. The van der Waals surface area contributed by atoms with E-state index in [4.69, 9.17) is 0 Å². The summed E-state index contributed by atoms with van der Waals surface area (Å²) >= 11 is 0. The molecule has 0 aliphatic heterocycles. The molecular formula is C16H21N3. The normalized spacial score (nSPS) is 12.2. The van der Waals surface area contributed by atoms with Gasteiger partial charge in [0.2, 0.25) is 0 Å². The number of hydrogen-bond acceptors (Lipinski definition) is 3. The molecule has 0 amide bonds. The van der Waals surface area contributed by atoms with Crippen molar-refractivity contribution < 1.29 is 0 Å². The van der Waals surface area contributed by atoms with Crippen LogP contribution in [0.1, 0.15) is 30.2 Å². The quantitative estimate of drug-likeness (QED) is 0.888. The highest BCUT2D eigenvalue weighted by atomic mass is 15.0. The summed E-state index contributed by atoms with van der Waals surface area (Å²) in [7, 11) is 0. The number of anilines is 1. The number of rotatable bonds is 5. The van der Waals surface area contributed by atoms with Gasteiger partial charge < -0.3 is 5.32 Å². The van der Waals surface area contributed by atoms with Crippen LogP contribution in [-0.4, -0.2) is 16.0 Å². The smallest absolute Gasteiger partial charge is 0.129 e. The molecule has 0 saturated carbocycles. The average molecular weight is 255 g/mol. The first-order valence-electron chi connectivity index (χ1n) is 6.78. The zero-order valence-electron chi connectivity index (χ0n) is 11.9. The minimum absolute atomic E-state index is 0.400. The van der Waals surface area contributed by atoms with Gasteiger partial charge in [-0.25, -0.2) is 9.97 Å². The summed E-state index contributed by atoms with van der Waals surface area (Å²) in [5.41, 5.74) is 3.65. The molecule has 0 saturated heterocycles. The van der Waals surface area contributed by atoms with Crippen LogP contribution in [0.5, 0.6) is 0 Å². The molecule has 100 valence electrons. The Hall–Kier alpha value is -1.90. The topological polar surface area (TPSA) is 37.8 Å². The highest BCUT2D eigenvalue weighted by Gasteiger charge is 2.08. The number of nitrogens with one attached hydrogen (secondary N) is 1. The van der Waals surface area contributed by atoms with E-state index in [2.05, 4.69) is 53.4 Å². The van der Waals surface area contributed by atoms with E-state index in [0.717, 1.165) is 24.4 Å². The Bertz CT molecular complexity index is 520. The van der Waals surface area contributed by atoms with Crippen molar-refractivity contribution in [1.82, 2.24) is 9.97 Å². The molecule has 0 bridgehead atoms. The second-order valence-corrected chi connectivity index (χ2v) is 4.98. The molecule has 1 aromatic carbocycles. The number of aryl methyl sites for hydroxylation is 2. The molecule has 0 radical (unpaired) electrons. The second-order valence-electron chi connectivity index (χ2n) is 4.98. The molecule has 19 heavy (non-hydrogen) atoms. The van der Waals surface area contributed by atoms with Crippen LogP contribution in [0, 0.1) is 13.8 Å². The Morgan fingerprint density at radius 1 is 1.11 bits per heavy atom. The Morgan fingerprint density at radius 3 is 2.47 bits per heavy atom. The molecule has 0 fully saturated rings. The highest BCUT2D eigenvalue weighted by molar-refractivity contribution is 5.36. The van der Waals surface area contributed by atoms with E-state index in [-0.39, 0.29) is 0 Å². The van der Waals surface area contributed by atoms with Crippen molar-refractivity contribution in [2.45, 2.75) is 39.7 Å². The van der Waals surface area contributed by atoms with E-state index in [1.165, 1.54) is 11.1 Å². The van der Waals surface area contributed by atoms with Crippen LogP contribution in [0.3, 0.4) is 0 Å². The lowest BCUT2D eigenvalue weighted by Gasteiger charge is -2.18. The summed E-state index contributed by atoms with van der Waals surface area (Å²) in [5.74, 6) is 0.909. The first-order valence-corrected chi connectivity index (χ1v) is 6.78. The van der Waals surface area contributed by atoms with E-state index in [1.807, 2.05) is 13.0 Å². The van der Waals surface area contributed by atoms with E-state index >= 15 is 0 Å². The fourth-order valence-electron chi connectivity index (χ4n) is 2.05. The number of nitrogens with zero attached hydrogens (tertiary/aromatic N) is 2. The fourth-order valence-corrected chi connectivity index (χ4v) is 2.05. The zero-order chi connectivity index (χ0) is 13.7. The van der Waals surface area contributed by atoms with Crippen LogP contribution in [0.15, 0.2) is 36.7 Å². The van der Waals surface area contributed by atoms with Gasteiger partial charge in [0, 0.05) is 17.8 Å². The van der Waals surface area contributed by atoms with Gasteiger partial charge in [-0.1, -0.05) is 36.8 Å². The van der Waals surface area contributed by atoms with Gasteiger partial charge in [0.15, 0.2) is 0 Å². The monoisotopic (exact) mass is 255 g/mol. The van der Waals surface area contributed by atoms with Gasteiger partial charge >= 0.3 is 0 Å². The van der Waals surface area contributed by atoms with Gasteiger partial charge in [0.1, 0.15) is 12.1 Å². The number of aromatic nitrogens is 2. The Balaban J connectivity index is 2.02. The predicted molar refractivity (Wildman–Crippen MR) is 79.4 cm³/mol. The van der Waals surface area contributed by atoms with Gasteiger partial charge in [-0.15, -0.1) is 0 Å². The summed E-state index contributed by atoms with van der Waals surface area (Å²) in [5, 5.41) is 3.48. The van der Waals surface area contributed by atoms with Crippen molar-refractivity contribution >= 4 is 5.82 Å². The molecule has 1 atom stereocenters. The molecule has 0 aliphatic rings. The maximum absolute atomic E-state index is 4.26. The summed E-state index contributed by atoms with van der Waals surface area (Å²) in [6.07, 6.45) is 3.69. The van der Waals surface area contributed by atoms with Crippen LogP contribution < -0.4 is 5.32 Å². The molecule has 3 heteroatoms. The lowest BCUT2D eigenvalue weighted by molar-refractivity contribution is 0.686. The van der Waals surface area contributed by atoms with Gasteiger partial charge in [-0.05, 0) is 32.3 Å². The minimum Gasteiger partial charge on any atom is -0.367 e. The predicted octanol–water partition coefficient (Wildman–Crippen LogP) is 3.53. The van der Waals surface area contributed by atoms with Gasteiger partial charge in [0.25, 0.3) is 0 Å². The molecule has 2 rings (SSSR count). The Morgan fingerprint density at radius 2 is 1.84 bits per heavy atom. The SMILES string of the molecule is CCC(Cc1ccc(C)cc1)Nc1cc(C)ncn1. The van der Waals surface area contributed by atoms with Gasteiger partial charge in [0.05, 0.1) is 0 Å². The lowest BCUT2D eigenvalue weighted by Crippen LogP contribution is -2.22. The largest absolute Gasteiger partial charge is 0.367 e. The Labute approximate surface area is 115 Å². The maximum atomic E-state index is 4.26. The number of benzene rings is 1. The molecule has 0 aliphatic carbocycles. The third kappa shape index (κ3) is 4.05. The van der Waals surface area contributed by atoms with Crippen LogP contribution in [0.25, 0.3) is 0 Å². The molecule has 1 heterocycles. The van der Waals surface area contributed by atoms with Crippen LogP contribution in [0.4, 0.5) is 5.82 Å². The minimum atomic E-state index is 0.400. The Kier molecular flexibility index (Phi) is 4.50. The summed E-state index contributed by atoms with van der Waals surface area (Å²) in [4.78, 5) is 8.38. The van der Waals surface area contributed by atoms with Crippen molar-refractivity contribution in [3.8, 4) is 0 Å². The molecule has 3 nitrogen and oxygen atoms in total. The van der Waals surface area contributed by atoms with Crippen LogP contribution in [-0.2, 0) is 6.42 Å². The third-order valence-electron chi connectivity index (χ3n) is 3.25. The van der Waals surface area contributed by atoms with Crippen molar-refractivity contribution in [3.63, 3.8) is 0 Å². The van der Waals surface area contributed by atoms with Crippen LogP contribution >= 0.6 is 0 Å². The van der Waals surface area contributed by atoms with Crippen molar-refractivity contribution in [3.05, 3.63) is 53.5 Å². The van der Waals surface area contributed by atoms with Crippen molar-refractivity contribution in [2.75, 3.05) is 5.32 Å². The van der Waals surface area contributed by atoms with Gasteiger partial charge in [-0.2, -0.15) is 0 Å². The summed E-state index contributed by atoms with van der Waals surface area (Å²) in [6.45, 7) is 6.29. The maximum Gasteiger partial charge on any atom is 0.129 e. The van der Waals surface area contributed by atoms with E-state index in [0.29, 0.717) is 6.04 Å². The molecule has 1 unspecified atom stereocenters. The highest BCUT2D eigenvalue weighted by Crippen LogP contribution is 2.12. The summed E-state index contributed by atoms with van der Waals surface area (Å²) < 4.78 is 0. The lowest BCUT2D eigenvalue weighted by atomic mass is 10.0. The van der Waals surface area contributed by atoms with Gasteiger partial charge in [-0.3, -0.25) is 0 Å². The number of hydrogen-bond donors (Lipinski definition) is 1. The third-order valence-corrected chi connectivity index (χ3v) is 3.25. The standard InChI is InChI=1S/C16H21N3/c1-4-15(10-14-7-5-12(2)6-8-14)19-16-9-13(3)17-11-18-16/h5-9,11,15H,4,10H2,1-3H3,(H,17,18,19). The van der Waals surface area contributed by atoms with Crippen molar-refractivity contribution in [2.24, 2.45) is 0 Å². The zero-order valence-corrected chi connectivity index (χ0v) is 11.9.